The van der Waals surface area contributed by atoms with E-state index in [4.69, 9.17) is 15.2 Å². The van der Waals surface area contributed by atoms with Gasteiger partial charge in [0.05, 0.1) is 16.4 Å². The van der Waals surface area contributed by atoms with Crippen molar-refractivity contribution in [2.24, 2.45) is 5.73 Å². The summed E-state index contributed by atoms with van der Waals surface area (Å²) in [6.07, 6.45) is 0.900. The standard InChI is InChI=1S/C25H19N3O5/c1-2-15-3-5-16(6-4-15)23-20-12-11-19(13-22(20)33-24(27)21(23)14-26)32-25(29)17-7-9-18(10-8-17)28(30)31/h3-13,23H,2,27H2,1H3. The lowest BCUT2D eigenvalue weighted by atomic mass is 9.83. The Morgan fingerprint density at radius 1 is 1.15 bits per heavy atom. The first-order valence-electron chi connectivity index (χ1n) is 10.2. The number of nitriles is 1. The summed E-state index contributed by atoms with van der Waals surface area (Å²) in [5.74, 6) is -0.499. The smallest absolute Gasteiger partial charge is 0.343 e. The van der Waals surface area contributed by atoms with Gasteiger partial charge in [0, 0.05) is 23.8 Å². The Kier molecular flexibility index (Phi) is 5.79. The van der Waals surface area contributed by atoms with Crippen LogP contribution in [0.2, 0.25) is 0 Å². The van der Waals surface area contributed by atoms with E-state index in [0.29, 0.717) is 11.3 Å². The zero-order valence-corrected chi connectivity index (χ0v) is 17.6. The number of benzene rings is 3. The van der Waals surface area contributed by atoms with Crippen molar-refractivity contribution in [3.8, 4) is 17.6 Å². The third kappa shape index (κ3) is 4.25. The molecule has 8 nitrogen and oxygen atoms in total. The Hall–Kier alpha value is -4.64. The molecule has 0 fully saturated rings. The van der Waals surface area contributed by atoms with E-state index in [1.54, 1.807) is 12.1 Å². The number of non-ortho nitro benzene ring substituents is 1. The van der Waals surface area contributed by atoms with Gasteiger partial charge >= 0.3 is 5.97 Å². The van der Waals surface area contributed by atoms with E-state index in [1.807, 2.05) is 24.3 Å². The average molecular weight is 441 g/mol. The number of hydrogen-bond acceptors (Lipinski definition) is 7. The van der Waals surface area contributed by atoms with Crippen LogP contribution in [0.3, 0.4) is 0 Å². The van der Waals surface area contributed by atoms with Crippen molar-refractivity contribution in [3.63, 3.8) is 0 Å². The first kappa shape index (κ1) is 21.6. The van der Waals surface area contributed by atoms with Gasteiger partial charge in [0.15, 0.2) is 0 Å². The monoisotopic (exact) mass is 441 g/mol. The molecule has 1 atom stereocenters. The fraction of sp³-hybridized carbons (Fsp3) is 0.120. The number of allylic oxidation sites excluding steroid dienone is 1. The van der Waals surface area contributed by atoms with E-state index in [0.717, 1.165) is 17.5 Å². The lowest BCUT2D eigenvalue weighted by molar-refractivity contribution is -0.384. The van der Waals surface area contributed by atoms with Gasteiger partial charge in [-0.2, -0.15) is 5.26 Å². The van der Waals surface area contributed by atoms with Crippen molar-refractivity contribution in [2.45, 2.75) is 19.3 Å². The molecule has 0 saturated carbocycles. The topological polar surface area (TPSA) is 128 Å². The Morgan fingerprint density at radius 2 is 1.85 bits per heavy atom. The first-order chi connectivity index (χ1) is 15.9. The van der Waals surface area contributed by atoms with Crippen molar-refractivity contribution in [2.75, 3.05) is 0 Å². The molecule has 8 heteroatoms. The number of esters is 1. The maximum absolute atomic E-state index is 12.5. The Morgan fingerprint density at radius 3 is 2.45 bits per heavy atom. The van der Waals surface area contributed by atoms with Gasteiger partial charge in [-0.1, -0.05) is 37.3 Å². The second-order valence-electron chi connectivity index (χ2n) is 7.41. The molecule has 3 aromatic carbocycles. The zero-order chi connectivity index (χ0) is 23.5. The van der Waals surface area contributed by atoms with Crippen LogP contribution in [-0.2, 0) is 6.42 Å². The molecule has 1 aliphatic heterocycles. The van der Waals surface area contributed by atoms with E-state index in [2.05, 4.69) is 13.0 Å². The van der Waals surface area contributed by atoms with Crippen molar-refractivity contribution < 1.29 is 19.2 Å². The van der Waals surface area contributed by atoms with Gasteiger partial charge in [0.2, 0.25) is 5.88 Å². The van der Waals surface area contributed by atoms with Crippen molar-refractivity contribution in [1.29, 1.82) is 5.26 Å². The molecule has 0 radical (unpaired) electrons. The number of hydrogen-bond donors (Lipinski definition) is 1. The van der Waals surface area contributed by atoms with Crippen molar-refractivity contribution in [1.82, 2.24) is 0 Å². The number of rotatable bonds is 5. The summed E-state index contributed by atoms with van der Waals surface area (Å²) in [6.45, 7) is 2.07. The summed E-state index contributed by atoms with van der Waals surface area (Å²) in [5, 5.41) is 20.5. The molecule has 2 N–H and O–H groups in total. The van der Waals surface area contributed by atoms with Gasteiger partial charge in [-0.15, -0.1) is 0 Å². The van der Waals surface area contributed by atoms with E-state index in [9.17, 15) is 20.2 Å². The van der Waals surface area contributed by atoms with Crippen LogP contribution in [-0.4, -0.2) is 10.9 Å². The lowest BCUT2D eigenvalue weighted by Gasteiger charge is -2.26. The first-order valence-corrected chi connectivity index (χ1v) is 10.2. The lowest BCUT2D eigenvalue weighted by Crippen LogP contribution is -2.21. The summed E-state index contributed by atoms with van der Waals surface area (Å²) in [4.78, 5) is 22.7. The van der Waals surface area contributed by atoms with Gasteiger partial charge in [-0.3, -0.25) is 10.1 Å². The largest absolute Gasteiger partial charge is 0.440 e. The number of carbonyl (C=O) groups is 1. The van der Waals surface area contributed by atoms with Gasteiger partial charge in [0.1, 0.15) is 23.1 Å². The number of nitrogens with two attached hydrogens (primary N) is 1. The molecule has 0 amide bonds. The molecule has 0 aliphatic carbocycles. The number of nitro benzene ring substituents is 1. The van der Waals surface area contributed by atoms with Gasteiger partial charge in [0.25, 0.3) is 5.69 Å². The van der Waals surface area contributed by atoms with Gasteiger partial charge in [-0.25, -0.2) is 4.79 Å². The second-order valence-corrected chi connectivity index (χ2v) is 7.41. The van der Waals surface area contributed by atoms with E-state index >= 15 is 0 Å². The highest BCUT2D eigenvalue weighted by atomic mass is 16.6. The van der Waals surface area contributed by atoms with Crippen molar-refractivity contribution >= 4 is 11.7 Å². The molecule has 0 bridgehead atoms. The van der Waals surface area contributed by atoms with E-state index < -0.39 is 16.8 Å². The fourth-order valence-corrected chi connectivity index (χ4v) is 3.67. The van der Waals surface area contributed by atoms with Crippen LogP contribution in [0.4, 0.5) is 5.69 Å². The predicted molar refractivity (Wildman–Crippen MR) is 120 cm³/mol. The Balaban J connectivity index is 1.64. The fourth-order valence-electron chi connectivity index (χ4n) is 3.67. The molecule has 1 unspecified atom stereocenters. The molecular formula is C25H19N3O5. The quantitative estimate of drug-likeness (QED) is 0.265. The maximum atomic E-state index is 12.5. The van der Waals surface area contributed by atoms with Crippen LogP contribution >= 0.6 is 0 Å². The average Bonchev–Trinajstić information content (AvgIpc) is 2.83. The summed E-state index contributed by atoms with van der Waals surface area (Å²) < 4.78 is 11.1. The number of nitrogens with zero attached hydrogens (tertiary/aromatic N) is 2. The minimum absolute atomic E-state index is 0.00610. The third-order valence-electron chi connectivity index (χ3n) is 5.44. The maximum Gasteiger partial charge on any atom is 0.343 e. The molecule has 33 heavy (non-hydrogen) atoms. The SMILES string of the molecule is CCc1ccc(C2C(C#N)=C(N)Oc3cc(OC(=O)c4ccc([N+](=O)[O-])cc4)ccc32)cc1. The van der Waals surface area contributed by atoms with Crippen LogP contribution in [0.1, 0.15) is 39.9 Å². The summed E-state index contributed by atoms with van der Waals surface area (Å²) >= 11 is 0. The highest BCUT2D eigenvalue weighted by Crippen LogP contribution is 2.43. The predicted octanol–water partition coefficient (Wildman–Crippen LogP) is 4.59. The summed E-state index contributed by atoms with van der Waals surface area (Å²) in [5.41, 5.74) is 9.19. The molecule has 0 saturated heterocycles. The second kappa shape index (κ2) is 8.85. The highest BCUT2D eigenvalue weighted by Gasteiger charge is 2.31. The van der Waals surface area contributed by atoms with E-state index in [1.165, 1.54) is 35.9 Å². The van der Waals surface area contributed by atoms with Crippen LogP contribution in [0, 0.1) is 21.4 Å². The molecule has 1 aliphatic rings. The minimum atomic E-state index is -0.673. The summed E-state index contributed by atoms with van der Waals surface area (Å²) in [6, 6.07) is 20.1. The zero-order valence-electron chi connectivity index (χ0n) is 17.6. The van der Waals surface area contributed by atoms with E-state index in [-0.39, 0.29) is 22.9 Å². The van der Waals surface area contributed by atoms with Crippen LogP contribution in [0.15, 0.2) is 78.2 Å². The van der Waals surface area contributed by atoms with Gasteiger partial charge in [-0.05, 0) is 35.7 Å². The van der Waals surface area contributed by atoms with Crippen LogP contribution in [0.25, 0.3) is 0 Å². The van der Waals surface area contributed by atoms with Gasteiger partial charge < -0.3 is 15.2 Å². The Labute approximate surface area is 189 Å². The highest BCUT2D eigenvalue weighted by molar-refractivity contribution is 5.91. The molecule has 0 spiro atoms. The minimum Gasteiger partial charge on any atom is -0.440 e. The normalized spacial score (nSPS) is 14.6. The molecule has 0 aromatic heterocycles. The molecular weight excluding hydrogens is 422 g/mol. The number of aryl methyl sites for hydroxylation is 1. The molecule has 3 aromatic rings. The Bertz CT molecular complexity index is 1310. The number of nitro groups is 1. The van der Waals surface area contributed by atoms with Crippen molar-refractivity contribution in [3.05, 3.63) is 111 Å². The number of fused-ring (bicyclic) bond motifs is 1. The molecule has 164 valence electrons. The van der Waals surface area contributed by atoms with Crippen LogP contribution < -0.4 is 15.2 Å². The number of carbonyl (C=O) groups excluding carboxylic acids is 1. The third-order valence-corrected chi connectivity index (χ3v) is 5.44. The molecule has 4 rings (SSSR count). The molecule has 1 heterocycles. The number of ether oxygens (including phenoxy) is 2. The summed E-state index contributed by atoms with van der Waals surface area (Å²) in [7, 11) is 0. The van der Waals surface area contributed by atoms with Crippen LogP contribution in [0.5, 0.6) is 11.5 Å².